The molecule has 2 rings (SSSR count). The number of hydrogen-bond acceptors (Lipinski definition) is 10. The van der Waals surface area contributed by atoms with E-state index < -0.39 is 0 Å². The van der Waals surface area contributed by atoms with Gasteiger partial charge in [-0.3, -0.25) is 0 Å². The SMILES string of the molecule is C#CCOCCOCCOCCOCCNc1nc(Cl)nc(NC2CCC(CC)O2)c1C=N.CC. The van der Waals surface area contributed by atoms with Gasteiger partial charge in [0.2, 0.25) is 5.28 Å². The molecule has 1 aliphatic heterocycles. The Bertz CT molecular complexity index is 750. The van der Waals surface area contributed by atoms with Crippen LogP contribution in [0.2, 0.25) is 5.28 Å². The first kappa shape index (κ1) is 31.0. The number of ether oxygens (including phenoxy) is 5. The van der Waals surface area contributed by atoms with Crippen LogP contribution >= 0.6 is 11.6 Å². The molecule has 3 N–H and O–H groups in total. The zero-order valence-electron chi connectivity index (χ0n) is 21.1. The van der Waals surface area contributed by atoms with E-state index in [0.29, 0.717) is 76.6 Å². The van der Waals surface area contributed by atoms with Crippen molar-refractivity contribution in [3.8, 4) is 12.3 Å². The smallest absolute Gasteiger partial charge is 0.226 e. The summed E-state index contributed by atoms with van der Waals surface area (Å²) in [6.45, 7) is 10.2. The molecule has 10 nitrogen and oxygen atoms in total. The Kier molecular flexibility index (Phi) is 17.9. The second-order valence-electron chi connectivity index (χ2n) is 7.15. The van der Waals surface area contributed by atoms with Crippen molar-refractivity contribution in [3.63, 3.8) is 0 Å². The summed E-state index contributed by atoms with van der Waals surface area (Å²) in [5.41, 5.74) is 0.524. The lowest BCUT2D eigenvalue weighted by molar-refractivity contribution is 0.00248. The van der Waals surface area contributed by atoms with E-state index in [1.54, 1.807) is 0 Å². The molecule has 0 amide bonds. The van der Waals surface area contributed by atoms with Gasteiger partial charge in [0.05, 0.1) is 57.9 Å². The van der Waals surface area contributed by atoms with Crippen LogP contribution in [0.5, 0.6) is 0 Å². The van der Waals surface area contributed by atoms with E-state index >= 15 is 0 Å². The minimum Gasteiger partial charge on any atom is -0.377 e. The average Bonchev–Trinajstić information content (AvgIpc) is 3.33. The molecule has 0 radical (unpaired) electrons. The summed E-state index contributed by atoms with van der Waals surface area (Å²) in [5.74, 6) is 3.35. The van der Waals surface area contributed by atoms with Gasteiger partial charge >= 0.3 is 0 Å². The highest BCUT2D eigenvalue weighted by Gasteiger charge is 2.25. The van der Waals surface area contributed by atoms with E-state index in [-0.39, 0.29) is 17.6 Å². The Balaban J connectivity index is 0.00000298. The third-order valence-corrected chi connectivity index (χ3v) is 4.93. The van der Waals surface area contributed by atoms with E-state index in [1.165, 1.54) is 6.21 Å². The highest BCUT2D eigenvalue weighted by atomic mass is 35.5. The normalized spacial score (nSPS) is 16.8. The number of rotatable bonds is 18. The van der Waals surface area contributed by atoms with E-state index in [0.717, 1.165) is 19.3 Å². The van der Waals surface area contributed by atoms with E-state index in [9.17, 15) is 0 Å². The second kappa shape index (κ2) is 20.2. The molecular weight excluding hydrogens is 474 g/mol. The lowest BCUT2D eigenvalue weighted by atomic mass is 10.2. The monoisotopic (exact) mass is 513 g/mol. The Morgan fingerprint density at radius 3 is 2.20 bits per heavy atom. The molecule has 11 heteroatoms. The molecule has 0 bridgehead atoms. The predicted molar refractivity (Wildman–Crippen MR) is 139 cm³/mol. The van der Waals surface area contributed by atoms with Gasteiger partial charge in [0.25, 0.3) is 0 Å². The highest BCUT2D eigenvalue weighted by molar-refractivity contribution is 6.28. The molecule has 198 valence electrons. The standard InChI is InChI=1S/C22H34ClN5O5.C2H6/c1-3-8-29-10-12-31-14-15-32-13-11-30-9-7-25-20-18(16-24)21(28-22(23)27-20)26-19-6-5-17(4-2)33-19;1-2/h1,16-17,19,24H,4-15H2,2H3,(H2,25,26,27,28);1-2H3. The fourth-order valence-corrected chi connectivity index (χ4v) is 3.29. The quantitative estimate of drug-likeness (QED) is 0.117. The number of hydrogen-bond donors (Lipinski definition) is 3. The van der Waals surface area contributed by atoms with Gasteiger partial charge in [0.1, 0.15) is 24.5 Å². The molecule has 1 fully saturated rings. The summed E-state index contributed by atoms with van der Waals surface area (Å²) in [7, 11) is 0. The zero-order valence-corrected chi connectivity index (χ0v) is 21.9. The number of aromatic nitrogens is 2. The van der Waals surface area contributed by atoms with Crippen molar-refractivity contribution >= 4 is 29.5 Å². The molecule has 0 saturated carbocycles. The fourth-order valence-electron chi connectivity index (χ4n) is 3.12. The molecule has 2 unspecified atom stereocenters. The van der Waals surface area contributed by atoms with Crippen LogP contribution < -0.4 is 10.6 Å². The Hall–Kier alpha value is -2.00. The van der Waals surface area contributed by atoms with Crippen LogP contribution in [-0.4, -0.2) is 87.9 Å². The third kappa shape index (κ3) is 13.0. The van der Waals surface area contributed by atoms with Crippen LogP contribution in [0, 0.1) is 17.8 Å². The number of nitrogens with one attached hydrogen (secondary N) is 3. The molecule has 1 aliphatic rings. The molecule has 0 spiro atoms. The van der Waals surface area contributed by atoms with E-state index in [2.05, 4.69) is 33.4 Å². The minimum absolute atomic E-state index is 0.0924. The number of terminal acetylenes is 1. The maximum atomic E-state index is 7.79. The molecule has 1 aromatic rings. The third-order valence-electron chi connectivity index (χ3n) is 4.76. The number of nitrogens with zero attached hydrogens (tertiary/aromatic N) is 2. The van der Waals surface area contributed by atoms with Crippen LogP contribution in [-0.2, 0) is 23.7 Å². The van der Waals surface area contributed by atoms with E-state index in [1.807, 2.05) is 13.8 Å². The largest absolute Gasteiger partial charge is 0.377 e. The van der Waals surface area contributed by atoms with Crippen LogP contribution in [0.4, 0.5) is 11.6 Å². The van der Waals surface area contributed by atoms with Crippen molar-refractivity contribution in [1.82, 2.24) is 9.97 Å². The number of halogens is 1. The van der Waals surface area contributed by atoms with Crippen molar-refractivity contribution in [2.75, 3.05) is 70.0 Å². The van der Waals surface area contributed by atoms with Gasteiger partial charge < -0.3 is 39.7 Å². The summed E-state index contributed by atoms with van der Waals surface area (Å²) < 4.78 is 27.4. The maximum absolute atomic E-state index is 7.79. The van der Waals surface area contributed by atoms with Gasteiger partial charge in [-0.05, 0) is 30.9 Å². The fraction of sp³-hybridized carbons (Fsp3) is 0.708. The molecular formula is C24H40ClN5O5. The first-order chi connectivity index (χ1) is 17.2. The highest BCUT2D eigenvalue weighted by Crippen LogP contribution is 2.27. The average molecular weight is 514 g/mol. The first-order valence-electron chi connectivity index (χ1n) is 12.2. The molecule has 2 heterocycles. The van der Waals surface area contributed by atoms with Gasteiger partial charge in [-0.2, -0.15) is 9.97 Å². The van der Waals surface area contributed by atoms with Gasteiger partial charge in [0, 0.05) is 12.8 Å². The predicted octanol–water partition coefficient (Wildman–Crippen LogP) is 3.59. The van der Waals surface area contributed by atoms with Gasteiger partial charge in [-0.1, -0.05) is 26.7 Å². The summed E-state index contributed by atoms with van der Waals surface area (Å²) in [4.78, 5) is 8.44. The van der Waals surface area contributed by atoms with Gasteiger partial charge in [-0.15, -0.1) is 6.42 Å². The van der Waals surface area contributed by atoms with Crippen molar-refractivity contribution in [2.24, 2.45) is 0 Å². The molecule has 1 aromatic heterocycles. The van der Waals surface area contributed by atoms with Crippen LogP contribution in [0.25, 0.3) is 0 Å². The van der Waals surface area contributed by atoms with Crippen LogP contribution in [0.3, 0.4) is 0 Å². The van der Waals surface area contributed by atoms with Crippen molar-refractivity contribution < 1.29 is 23.7 Å². The molecule has 0 aromatic carbocycles. The van der Waals surface area contributed by atoms with E-state index in [4.69, 9.17) is 47.1 Å². The summed E-state index contributed by atoms with van der Waals surface area (Å²) in [5, 5.41) is 14.3. The summed E-state index contributed by atoms with van der Waals surface area (Å²) in [6.07, 6.45) is 9.21. The van der Waals surface area contributed by atoms with Crippen molar-refractivity contribution in [1.29, 1.82) is 5.41 Å². The lowest BCUT2D eigenvalue weighted by Crippen LogP contribution is -2.22. The topological polar surface area (TPSA) is 120 Å². The van der Waals surface area contributed by atoms with Crippen molar-refractivity contribution in [3.05, 3.63) is 10.8 Å². The lowest BCUT2D eigenvalue weighted by Gasteiger charge is -2.18. The molecule has 0 aliphatic carbocycles. The first-order valence-corrected chi connectivity index (χ1v) is 12.5. The Labute approximate surface area is 214 Å². The maximum Gasteiger partial charge on any atom is 0.226 e. The summed E-state index contributed by atoms with van der Waals surface area (Å²) in [6, 6.07) is 0. The molecule has 35 heavy (non-hydrogen) atoms. The number of anilines is 2. The molecule has 2 atom stereocenters. The second-order valence-corrected chi connectivity index (χ2v) is 7.48. The molecule has 1 saturated heterocycles. The Morgan fingerprint density at radius 1 is 1.03 bits per heavy atom. The zero-order chi connectivity index (χ0) is 25.7. The van der Waals surface area contributed by atoms with Gasteiger partial charge in [0.15, 0.2) is 0 Å². The summed E-state index contributed by atoms with van der Waals surface area (Å²) >= 11 is 6.09. The van der Waals surface area contributed by atoms with Crippen LogP contribution in [0.15, 0.2) is 0 Å². The van der Waals surface area contributed by atoms with Gasteiger partial charge in [-0.25, -0.2) is 0 Å². The Morgan fingerprint density at radius 2 is 1.63 bits per heavy atom. The van der Waals surface area contributed by atoms with Crippen LogP contribution in [0.1, 0.15) is 45.6 Å². The van der Waals surface area contributed by atoms with Crippen molar-refractivity contribution in [2.45, 2.75) is 52.4 Å². The minimum atomic E-state index is -0.150.